The molecule has 0 aromatic heterocycles. The largest absolute Gasteiger partial charge is 0.488 e. The van der Waals surface area contributed by atoms with Crippen LogP contribution in [0.25, 0.3) is 11.1 Å². The highest BCUT2D eigenvalue weighted by molar-refractivity contribution is 9.09. The molecule has 0 amide bonds. The minimum absolute atomic E-state index is 0.0184. The van der Waals surface area contributed by atoms with Crippen LogP contribution in [-0.2, 0) is 5.41 Å². The molecule has 0 unspecified atom stereocenters. The van der Waals surface area contributed by atoms with Crippen molar-refractivity contribution in [1.82, 2.24) is 0 Å². The third-order valence-corrected chi connectivity index (χ3v) is 7.19. The van der Waals surface area contributed by atoms with E-state index in [1.54, 1.807) is 0 Å². The van der Waals surface area contributed by atoms with Crippen molar-refractivity contribution in [2.24, 2.45) is 0 Å². The first-order valence-corrected chi connectivity index (χ1v) is 12.6. The fourth-order valence-electron chi connectivity index (χ4n) is 4.69. The third kappa shape index (κ3) is 4.58. The summed E-state index contributed by atoms with van der Waals surface area (Å²) in [6.45, 7) is 0. The topological polar surface area (TPSA) is 40.5 Å². The van der Waals surface area contributed by atoms with E-state index >= 15 is 0 Å². The van der Waals surface area contributed by atoms with Gasteiger partial charge in [0.15, 0.2) is 0 Å². The van der Waals surface area contributed by atoms with Crippen molar-refractivity contribution in [3.8, 4) is 11.1 Å². The number of hydrogen-bond donors (Lipinski definition) is 2. The molecule has 0 atom stereocenters. The van der Waals surface area contributed by atoms with Gasteiger partial charge in [-0.3, -0.25) is 0 Å². The monoisotopic (exact) mass is 506 g/mol. The zero-order valence-electron chi connectivity index (χ0n) is 16.3. The van der Waals surface area contributed by atoms with Crippen LogP contribution >= 0.6 is 31.9 Å². The Bertz CT molecular complexity index is 767. The minimum atomic E-state index is -1.42. The molecule has 1 aliphatic carbocycles. The van der Waals surface area contributed by atoms with Crippen LogP contribution in [0.4, 0.5) is 0 Å². The highest BCUT2D eigenvalue weighted by Gasteiger charge is 2.42. The molecule has 0 saturated carbocycles. The number of unbranched alkanes of at least 4 members (excludes halogenated alkanes) is 4. The molecule has 0 fully saturated rings. The third-order valence-electron chi connectivity index (χ3n) is 6.06. The highest BCUT2D eigenvalue weighted by atomic mass is 79.9. The Hall–Kier alpha value is -0.615. The van der Waals surface area contributed by atoms with Gasteiger partial charge in [-0.1, -0.05) is 100 Å². The van der Waals surface area contributed by atoms with Crippen LogP contribution in [0.15, 0.2) is 42.5 Å². The van der Waals surface area contributed by atoms with E-state index in [1.807, 2.05) is 6.07 Å². The molecule has 2 N–H and O–H groups in total. The van der Waals surface area contributed by atoms with Gasteiger partial charge >= 0.3 is 7.12 Å². The van der Waals surface area contributed by atoms with Gasteiger partial charge in [-0.2, -0.15) is 0 Å². The summed E-state index contributed by atoms with van der Waals surface area (Å²) in [6, 6.07) is 14.8. The van der Waals surface area contributed by atoms with E-state index < -0.39 is 7.12 Å². The van der Waals surface area contributed by atoms with Crippen LogP contribution in [0.5, 0.6) is 0 Å². The Balaban J connectivity index is 2.03. The van der Waals surface area contributed by atoms with Gasteiger partial charge in [0.1, 0.15) is 0 Å². The van der Waals surface area contributed by atoms with E-state index in [2.05, 4.69) is 68.3 Å². The van der Waals surface area contributed by atoms with Crippen LogP contribution in [0, 0.1) is 0 Å². The van der Waals surface area contributed by atoms with Gasteiger partial charge in [0.25, 0.3) is 0 Å². The van der Waals surface area contributed by atoms with Crippen LogP contribution in [0.3, 0.4) is 0 Å². The summed E-state index contributed by atoms with van der Waals surface area (Å²) in [5.74, 6) is 0. The molecule has 0 aliphatic heterocycles. The van der Waals surface area contributed by atoms with Gasteiger partial charge in [-0.15, -0.1) is 0 Å². The molecule has 0 radical (unpaired) electrons. The van der Waals surface area contributed by atoms with Crippen molar-refractivity contribution in [3.63, 3.8) is 0 Å². The van der Waals surface area contributed by atoms with Gasteiger partial charge in [-0.05, 0) is 53.4 Å². The number of hydrogen-bond acceptors (Lipinski definition) is 2. The molecule has 3 rings (SSSR count). The second-order valence-corrected chi connectivity index (χ2v) is 9.39. The summed E-state index contributed by atoms with van der Waals surface area (Å²) in [5, 5.41) is 21.7. The molecular weight excluding hydrogens is 479 g/mol. The average Bonchev–Trinajstić information content (AvgIpc) is 2.99. The van der Waals surface area contributed by atoms with E-state index in [1.165, 1.54) is 60.8 Å². The molecule has 2 aromatic rings. The Labute approximate surface area is 186 Å². The summed E-state index contributed by atoms with van der Waals surface area (Å²) in [6.07, 6.45) is 9.43. The second-order valence-electron chi connectivity index (χ2n) is 7.81. The first-order valence-electron chi connectivity index (χ1n) is 10.4. The van der Waals surface area contributed by atoms with Crippen LogP contribution in [0.2, 0.25) is 0 Å². The van der Waals surface area contributed by atoms with Crippen LogP contribution in [0.1, 0.15) is 62.5 Å². The van der Waals surface area contributed by atoms with Crippen LogP contribution in [-0.4, -0.2) is 27.8 Å². The van der Waals surface area contributed by atoms with Crippen molar-refractivity contribution in [3.05, 3.63) is 53.6 Å². The lowest BCUT2D eigenvalue weighted by Crippen LogP contribution is -2.32. The number of fused-ring (bicyclic) bond motifs is 3. The Kier molecular flexibility index (Phi) is 8.22. The zero-order chi connectivity index (χ0) is 20.0. The van der Waals surface area contributed by atoms with Crippen molar-refractivity contribution in [2.75, 3.05) is 10.7 Å². The summed E-state index contributed by atoms with van der Waals surface area (Å²) in [4.78, 5) is 0. The first-order chi connectivity index (χ1) is 13.6. The SMILES string of the molecule is OB(O)c1ccc2c(c1)C(CCCCCBr)(CCCCCBr)c1ccccc1-2. The van der Waals surface area contributed by atoms with Crippen molar-refractivity contribution < 1.29 is 10.0 Å². The molecular formula is C23H29BBr2O2. The molecule has 0 spiro atoms. The van der Waals surface area contributed by atoms with Gasteiger partial charge in [0, 0.05) is 16.1 Å². The molecule has 5 heteroatoms. The van der Waals surface area contributed by atoms with Crippen molar-refractivity contribution in [2.45, 2.75) is 56.8 Å². The predicted octanol–water partition coefficient (Wildman–Crippen LogP) is 5.54. The van der Waals surface area contributed by atoms with E-state index in [-0.39, 0.29) is 5.41 Å². The molecule has 0 saturated heterocycles. The Morgan fingerprint density at radius 3 is 1.93 bits per heavy atom. The lowest BCUT2D eigenvalue weighted by Gasteiger charge is -2.33. The summed E-state index contributed by atoms with van der Waals surface area (Å²) < 4.78 is 0. The summed E-state index contributed by atoms with van der Waals surface area (Å²) in [7, 11) is -1.42. The summed E-state index contributed by atoms with van der Waals surface area (Å²) in [5.41, 5.74) is 5.87. The predicted molar refractivity (Wildman–Crippen MR) is 127 cm³/mol. The average molecular weight is 508 g/mol. The normalized spacial score (nSPS) is 14.0. The number of rotatable bonds is 11. The maximum absolute atomic E-state index is 9.78. The Morgan fingerprint density at radius 1 is 0.714 bits per heavy atom. The lowest BCUT2D eigenvalue weighted by atomic mass is 9.68. The fourth-order valence-corrected chi connectivity index (χ4v) is 5.49. The lowest BCUT2D eigenvalue weighted by molar-refractivity contribution is 0.405. The van der Waals surface area contributed by atoms with E-state index in [4.69, 9.17) is 0 Å². The number of alkyl halides is 2. The molecule has 150 valence electrons. The van der Waals surface area contributed by atoms with E-state index in [0.717, 1.165) is 23.5 Å². The highest BCUT2D eigenvalue weighted by Crippen LogP contribution is 2.53. The summed E-state index contributed by atoms with van der Waals surface area (Å²) >= 11 is 7.11. The molecule has 28 heavy (non-hydrogen) atoms. The molecule has 0 bridgehead atoms. The van der Waals surface area contributed by atoms with Crippen LogP contribution < -0.4 is 5.46 Å². The van der Waals surface area contributed by atoms with Crippen molar-refractivity contribution >= 4 is 44.4 Å². The fraction of sp³-hybridized carbons (Fsp3) is 0.478. The molecule has 2 aromatic carbocycles. The molecule has 1 aliphatic rings. The van der Waals surface area contributed by atoms with E-state index in [0.29, 0.717) is 5.46 Å². The zero-order valence-corrected chi connectivity index (χ0v) is 19.5. The van der Waals surface area contributed by atoms with Gasteiger partial charge in [-0.25, -0.2) is 0 Å². The maximum Gasteiger partial charge on any atom is 0.488 e. The van der Waals surface area contributed by atoms with Crippen molar-refractivity contribution in [1.29, 1.82) is 0 Å². The van der Waals surface area contributed by atoms with Gasteiger partial charge < -0.3 is 10.0 Å². The van der Waals surface area contributed by atoms with Gasteiger partial charge in [0.05, 0.1) is 0 Å². The van der Waals surface area contributed by atoms with Gasteiger partial charge in [0.2, 0.25) is 0 Å². The quantitative estimate of drug-likeness (QED) is 0.238. The smallest absolute Gasteiger partial charge is 0.423 e. The Morgan fingerprint density at radius 2 is 1.32 bits per heavy atom. The number of benzene rings is 2. The number of halogens is 2. The second kappa shape index (κ2) is 10.4. The standard InChI is InChI=1S/C23H29BBr2O2/c25-15-7-1-5-13-23(14-6-2-8-16-26)21-10-4-3-9-19(21)20-12-11-18(24(27)28)17-22(20)23/h3-4,9-12,17,27-28H,1-2,5-8,13-16H2. The maximum atomic E-state index is 9.78. The molecule has 0 heterocycles. The van der Waals surface area contributed by atoms with E-state index in [9.17, 15) is 10.0 Å². The minimum Gasteiger partial charge on any atom is -0.423 e. The molecule has 2 nitrogen and oxygen atoms in total. The first kappa shape index (κ1) is 22.1.